The maximum atomic E-state index is 9.43. The van der Waals surface area contributed by atoms with Crippen molar-refractivity contribution >= 4 is 6.08 Å². The fraction of sp³-hybridized carbons (Fsp3) is 0.619. The van der Waals surface area contributed by atoms with Crippen molar-refractivity contribution in [2.75, 3.05) is 20.3 Å². The summed E-state index contributed by atoms with van der Waals surface area (Å²) >= 11 is 0. The van der Waals surface area contributed by atoms with Gasteiger partial charge in [-0.05, 0) is 43.0 Å². The highest BCUT2D eigenvalue weighted by Gasteiger charge is 2.29. The number of hydrogen-bond acceptors (Lipinski definition) is 4. The summed E-state index contributed by atoms with van der Waals surface area (Å²) in [7, 11) is 1.00. The predicted molar refractivity (Wildman–Crippen MR) is 105 cm³/mol. The van der Waals surface area contributed by atoms with Gasteiger partial charge < -0.3 is 20.7 Å². The maximum absolute atomic E-state index is 9.43. The molecule has 1 aromatic carbocycles. The normalized spacial score (nSPS) is 17.9. The van der Waals surface area contributed by atoms with E-state index in [1.165, 1.54) is 36.8 Å². The van der Waals surface area contributed by atoms with Crippen LogP contribution in [0.3, 0.4) is 0 Å². The van der Waals surface area contributed by atoms with Crippen molar-refractivity contribution in [1.29, 1.82) is 0 Å². The third-order valence-corrected chi connectivity index (χ3v) is 4.77. The van der Waals surface area contributed by atoms with Crippen molar-refractivity contribution in [2.45, 2.75) is 57.9 Å². The summed E-state index contributed by atoms with van der Waals surface area (Å²) in [6.45, 7) is 4.93. The fourth-order valence-corrected chi connectivity index (χ4v) is 2.99. The number of hydrogen-bond donors (Lipinski definition) is 3. The molecule has 142 valence electrons. The highest BCUT2D eigenvalue weighted by atomic mass is 16.5. The number of fused-ring (bicyclic) bond motifs is 1. The second-order valence-corrected chi connectivity index (χ2v) is 6.96. The molecule has 2 atom stereocenters. The van der Waals surface area contributed by atoms with Gasteiger partial charge in [0.2, 0.25) is 0 Å². The summed E-state index contributed by atoms with van der Waals surface area (Å²) in [5.74, 6) is 1.12. The molecule has 25 heavy (non-hydrogen) atoms. The maximum Gasteiger partial charge on any atom is 0.119 e. The zero-order valence-electron chi connectivity index (χ0n) is 16.0. The molecule has 0 bridgehead atoms. The van der Waals surface area contributed by atoms with E-state index in [0.29, 0.717) is 0 Å². The summed E-state index contributed by atoms with van der Waals surface area (Å²) in [4.78, 5) is 0. The van der Waals surface area contributed by atoms with E-state index < -0.39 is 5.54 Å². The van der Waals surface area contributed by atoms with E-state index in [1.807, 2.05) is 13.0 Å². The average molecular weight is 350 g/mol. The SMILES string of the molecule is CCCCCCCOc1ccc2c(c1)C=CC(C(C)(N)CO)C2.CO. The minimum atomic E-state index is -0.568. The zero-order chi connectivity index (χ0) is 18.7. The molecule has 4 nitrogen and oxygen atoms in total. The molecule has 0 amide bonds. The Morgan fingerprint density at radius 1 is 1.20 bits per heavy atom. The Balaban J connectivity index is 0.00000151. The zero-order valence-corrected chi connectivity index (χ0v) is 16.0. The summed E-state index contributed by atoms with van der Waals surface area (Å²) in [6, 6.07) is 6.29. The summed E-state index contributed by atoms with van der Waals surface area (Å²) in [6.07, 6.45) is 11.4. The average Bonchev–Trinajstić information content (AvgIpc) is 2.65. The first-order valence-electron chi connectivity index (χ1n) is 9.35. The third kappa shape index (κ3) is 6.81. The van der Waals surface area contributed by atoms with Crippen molar-refractivity contribution in [3.8, 4) is 5.75 Å². The van der Waals surface area contributed by atoms with Crippen molar-refractivity contribution < 1.29 is 14.9 Å². The van der Waals surface area contributed by atoms with Gasteiger partial charge in [0.15, 0.2) is 0 Å². The third-order valence-electron chi connectivity index (χ3n) is 4.77. The first kappa shape index (κ1) is 21.7. The molecule has 2 unspecified atom stereocenters. The summed E-state index contributed by atoms with van der Waals surface area (Å²) < 4.78 is 5.87. The molecule has 0 saturated heterocycles. The van der Waals surface area contributed by atoms with Crippen molar-refractivity contribution in [3.05, 3.63) is 35.4 Å². The number of nitrogens with two attached hydrogens (primary N) is 1. The Hall–Kier alpha value is -1.36. The molecule has 2 rings (SSSR count). The van der Waals surface area contributed by atoms with E-state index in [4.69, 9.17) is 15.6 Å². The molecule has 0 radical (unpaired) electrons. The number of aliphatic hydroxyl groups excluding tert-OH is 2. The largest absolute Gasteiger partial charge is 0.494 e. The Kier molecular flexibility index (Phi) is 9.79. The van der Waals surface area contributed by atoms with Gasteiger partial charge in [0.05, 0.1) is 13.2 Å². The molecule has 1 aromatic rings. The van der Waals surface area contributed by atoms with E-state index >= 15 is 0 Å². The van der Waals surface area contributed by atoms with Crippen LogP contribution < -0.4 is 10.5 Å². The first-order valence-corrected chi connectivity index (χ1v) is 9.35. The highest BCUT2D eigenvalue weighted by Crippen LogP contribution is 2.31. The molecule has 0 fully saturated rings. The second-order valence-electron chi connectivity index (χ2n) is 6.96. The molecule has 4 heteroatoms. The highest BCUT2D eigenvalue weighted by molar-refractivity contribution is 5.59. The number of benzene rings is 1. The lowest BCUT2D eigenvalue weighted by molar-refractivity contribution is 0.173. The molecular formula is C21H35NO3. The molecule has 1 aliphatic rings. The lowest BCUT2D eigenvalue weighted by atomic mass is 9.78. The van der Waals surface area contributed by atoms with Crippen LogP contribution in [0.25, 0.3) is 6.08 Å². The number of ether oxygens (including phenoxy) is 1. The van der Waals surface area contributed by atoms with Crippen LogP contribution in [0.5, 0.6) is 5.75 Å². The fourth-order valence-electron chi connectivity index (χ4n) is 2.99. The molecule has 0 aromatic heterocycles. The van der Waals surface area contributed by atoms with Gasteiger partial charge >= 0.3 is 0 Å². The van der Waals surface area contributed by atoms with Gasteiger partial charge in [0, 0.05) is 18.6 Å². The Morgan fingerprint density at radius 2 is 1.92 bits per heavy atom. The minimum Gasteiger partial charge on any atom is -0.494 e. The van der Waals surface area contributed by atoms with E-state index in [1.54, 1.807) is 0 Å². The van der Waals surface area contributed by atoms with Crippen LogP contribution in [0, 0.1) is 5.92 Å². The lowest BCUT2D eigenvalue weighted by Crippen LogP contribution is -2.48. The van der Waals surface area contributed by atoms with Gasteiger partial charge in [-0.3, -0.25) is 0 Å². The van der Waals surface area contributed by atoms with Gasteiger partial charge in [0.1, 0.15) is 5.75 Å². The molecule has 0 spiro atoms. The lowest BCUT2D eigenvalue weighted by Gasteiger charge is -2.33. The Labute approximate surface area is 152 Å². The van der Waals surface area contributed by atoms with Gasteiger partial charge in [-0.1, -0.05) is 50.8 Å². The second kappa shape index (κ2) is 11.3. The van der Waals surface area contributed by atoms with Crippen LogP contribution in [-0.4, -0.2) is 36.1 Å². The topological polar surface area (TPSA) is 75.7 Å². The van der Waals surface area contributed by atoms with E-state index in [0.717, 1.165) is 32.3 Å². The molecule has 4 N–H and O–H groups in total. The van der Waals surface area contributed by atoms with E-state index in [9.17, 15) is 5.11 Å². The van der Waals surface area contributed by atoms with Crippen molar-refractivity contribution in [1.82, 2.24) is 0 Å². The van der Waals surface area contributed by atoms with Gasteiger partial charge in [-0.2, -0.15) is 0 Å². The van der Waals surface area contributed by atoms with Crippen LogP contribution in [0.1, 0.15) is 57.1 Å². The number of aliphatic hydroxyl groups is 2. The molecule has 1 aliphatic carbocycles. The number of unbranched alkanes of at least 4 members (excludes halogenated alkanes) is 4. The number of rotatable bonds is 9. The van der Waals surface area contributed by atoms with E-state index in [-0.39, 0.29) is 12.5 Å². The smallest absolute Gasteiger partial charge is 0.119 e. The van der Waals surface area contributed by atoms with Crippen LogP contribution in [0.2, 0.25) is 0 Å². The van der Waals surface area contributed by atoms with Gasteiger partial charge in [-0.15, -0.1) is 0 Å². The van der Waals surface area contributed by atoms with Crippen LogP contribution >= 0.6 is 0 Å². The van der Waals surface area contributed by atoms with Crippen LogP contribution in [0.4, 0.5) is 0 Å². The molecular weight excluding hydrogens is 314 g/mol. The monoisotopic (exact) mass is 349 g/mol. The first-order chi connectivity index (χ1) is 12.1. The molecule has 0 aliphatic heterocycles. The van der Waals surface area contributed by atoms with Crippen LogP contribution in [-0.2, 0) is 6.42 Å². The van der Waals surface area contributed by atoms with Gasteiger partial charge in [0.25, 0.3) is 0 Å². The van der Waals surface area contributed by atoms with Crippen molar-refractivity contribution in [2.24, 2.45) is 11.7 Å². The predicted octanol–water partition coefficient (Wildman–Crippen LogP) is 3.54. The Bertz CT molecular complexity index is 526. The molecule has 0 saturated carbocycles. The summed E-state index contributed by atoms with van der Waals surface area (Å²) in [5, 5.41) is 16.4. The minimum absolute atomic E-state index is 0.00341. The van der Waals surface area contributed by atoms with E-state index in [2.05, 4.69) is 31.2 Å². The van der Waals surface area contributed by atoms with Crippen LogP contribution in [0.15, 0.2) is 24.3 Å². The quantitative estimate of drug-likeness (QED) is 0.596. The molecule has 0 heterocycles. The summed E-state index contributed by atoms with van der Waals surface area (Å²) in [5.41, 5.74) is 8.08. The van der Waals surface area contributed by atoms with Crippen molar-refractivity contribution in [3.63, 3.8) is 0 Å². The Morgan fingerprint density at radius 3 is 2.60 bits per heavy atom. The van der Waals surface area contributed by atoms with Gasteiger partial charge in [-0.25, -0.2) is 0 Å². The standard InChI is InChI=1S/C20H31NO2.CH4O/c1-3-4-5-6-7-12-23-19-11-9-16-13-18(20(2,21)15-22)10-8-17(16)14-19;1-2/h8-11,14,18,22H,3-7,12-13,15,21H2,1-2H3;2H,1H3.